The lowest BCUT2D eigenvalue weighted by molar-refractivity contribution is 0.549. The van der Waals surface area contributed by atoms with E-state index in [1.54, 1.807) is 0 Å². The fraction of sp³-hybridized carbons (Fsp3) is 0.250. The molecule has 0 spiro atoms. The zero-order valence-electron chi connectivity index (χ0n) is 11.2. The number of hydrogen-bond donors (Lipinski definition) is 1. The molecule has 0 aliphatic carbocycles. The molecule has 0 saturated carbocycles. The van der Waals surface area contributed by atoms with E-state index < -0.39 is 0 Å². The molecule has 106 valence electrons. The number of halogens is 3. The highest BCUT2D eigenvalue weighted by molar-refractivity contribution is 14.1. The Labute approximate surface area is 150 Å². The second kappa shape index (κ2) is 7.92. The Balaban J connectivity index is 2.23. The summed E-state index contributed by atoms with van der Waals surface area (Å²) >= 11 is 9.48. The standard InChI is InChI=1S/C16H16Br2IN/c1-2-20-16(7-11-3-5-15(19)6-4-11)12-8-13(17)10-14(18)9-12/h3-6,8-10,16,20H,2,7H2,1H3. The molecule has 1 atom stereocenters. The highest BCUT2D eigenvalue weighted by Crippen LogP contribution is 2.26. The van der Waals surface area contributed by atoms with E-state index in [-0.39, 0.29) is 0 Å². The molecule has 1 N–H and O–H groups in total. The van der Waals surface area contributed by atoms with Crippen LogP contribution in [0.25, 0.3) is 0 Å². The minimum absolute atomic E-state index is 0.328. The largest absolute Gasteiger partial charge is 0.310 e. The molecule has 0 aliphatic rings. The molecule has 0 bridgehead atoms. The van der Waals surface area contributed by atoms with E-state index in [9.17, 15) is 0 Å². The van der Waals surface area contributed by atoms with Gasteiger partial charge in [0.2, 0.25) is 0 Å². The lowest BCUT2D eigenvalue weighted by atomic mass is 9.99. The van der Waals surface area contributed by atoms with Crippen LogP contribution in [0.5, 0.6) is 0 Å². The molecule has 0 fully saturated rings. The maximum atomic E-state index is 3.57. The van der Waals surface area contributed by atoms with Gasteiger partial charge in [0.05, 0.1) is 0 Å². The normalized spacial score (nSPS) is 12.4. The molecular weight excluding hydrogens is 493 g/mol. The topological polar surface area (TPSA) is 12.0 Å². The van der Waals surface area contributed by atoms with Gasteiger partial charge in [-0.25, -0.2) is 0 Å². The Bertz CT molecular complexity index is 549. The first-order chi connectivity index (χ1) is 9.58. The second-order valence-corrected chi connectivity index (χ2v) is 7.72. The van der Waals surface area contributed by atoms with Crippen molar-refractivity contribution in [3.05, 3.63) is 66.1 Å². The van der Waals surface area contributed by atoms with Crippen molar-refractivity contribution in [2.24, 2.45) is 0 Å². The fourth-order valence-corrected chi connectivity index (χ4v) is 3.88. The molecule has 4 heteroatoms. The third-order valence-corrected chi connectivity index (χ3v) is 4.73. The van der Waals surface area contributed by atoms with Gasteiger partial charge in [0, 0.05) is 18.6 Å². The first-order valence-corrected chi connectivity index (χ1v) is 9.18. The van der Waals surface area contributed by atoms with E-state index in [0.29, 0.717) is 6.04 Å². The van der Waals surface area contributed by atoms with Gasteiger partial charge in [-0.2, -0.15) is 0 Å². The minimum Gasteiger partial charge on any atom is -0.310 e. The van der Waals surface area contributed by atoms with Gasteiger partial charge in [0.15, 0.2) is 0 Å². The van der Waals surface area contributed by atoms with Crippen LogP contribution in [0.4, 0.5) is 0 Å². The summed E-state index contributed by atoms with van der Waals surface area (Å²) in [5.41, 5.74) is 2.65. The van der Waals surface area contributed by atoms with Crippen LogP contribution >= 0.6 is 54.5 Å². The van der Waals surface area contributed by atoms with Crippen molar-refractivity contribution in [2.75, 3.05) is 6.54 Å². The number of nitrogens with one attached hydrogen (secondary N) is 1. The van der Waals surface area contributed by atoms with Gasteiger partial charge in [-0.15, -0.1) is 0 Å². The van der Waals surface area contributed by atoms with Crippen LogP contribution in [-0.2, 0) is 6.42 Å². The van der Waals surface area contributed by atoms with Gasteiger partial charge < -0.3 is 5.32 Å². The summed E-state index contributed by atoms with van der Waals surface area (Å²) in [5, 5.41) is 3.57. The summed E-state index contributed by atoms with van der Waals surface area (Å²) in [4.78, 5) is 0. The Morgan fingerprint density at radius 3 is 2.20 bits per heavy atom. The molecule has 0 amide bonds. The summed E-state index contributed by atoms with van der Waals surface area (Å²) in [7, 11) is 0. The van der Waals surface area contributed by atoms with Crippen LogP contribution < -0.4 is 5.32 Å². The van der Waals surface area contributed by atoms with Crippen molar-refractivity contribution < 1.29 is 0 Å². The molecular formula is C16H16Br2IN. The first-order valence-electron chi connectivity index (χ1n) is 6.52. The highest BCUT2D eigenvalue weighted by atomic mass is 127. The van der Waals surface area contributed by atoms with E-state index in [4.69, 9.17) is 0 Å². The lowest BCUT2D eigenvalue weighted by Gasteiger charge is -2.19. The third kappa shape index (κ3) is 4.83. The Kier molecular flexibility index (Phi) is 6.52. The van der Waals surface area contributed by atoms with Gasteiger partial charge in [-0.05, 0) is 77.0 Å². The van der Waals surface area contributed by atoms with E-state index in [2.05, 4.69) is 109 Å². The molecule has 1 nitrogen and oxygen atoms in total. The molecule has 0 aromatic heterocycles. The highest BCUT2D eigenvalue weighted by Gasteiger charge is 2.12. The van der Waals surface area contributed by atoms with E-state index in [0.717, 1.165) is 21.9 Å². The molecule has 2 rings (SSSR count). The molecule has 1 unspecified atom stereocenters. The van der Waals surface area contributed by atoms with Gasteiger partial charge in [0.25, 0.3) is 0 Å². The fourth-order valence-electron chi connectivity index (χ4n) is 2.19. The van der Waals surface area contributed by atoms with E-state index in [1.165, 1.54) is 14.7 Å². The number of hydrogen-bond acceptors (Lipinski definition) is 1. The van der Waals surface area contributed by atoms with Crippen molar-refractivity contribution >= 4 is 54.5 Å². The van der Waals surface area contributed by atoms with E-state index >= 15 is 0 Å². The average Bonchev–Trinajstić information content (AvgIpc) is 2.39. The Morgan fingerprint density at radius 1 is 1.05 bits per heavy atom. The molecule has 0 heterocycles. The average molecular weight is 509 g/mol. The lowest BCUT2D eigenvalue weighted by Crippen LogP contribution is -2.23. The quantitative estimate of drug-likeness (QED) is 0.510. The number of benzene rings is 2. The maximum absolute atomic E-state index is 3.57. The van der Waals surface area contributed by atoms with Gasteiger partial charge in [0.1, 0.15) is 0 Å². The smallest absolute Gasteiger partial charge is 0.0361 e. The molecule has 2 aromatic carbocycles. The second-order valence-electron chi connectivity index (χ2n) is 4.64. The summed E-state index contributed by atoms with van der Waals surface area (Å²) < 4.78 is 3.48. The van der Waals surface area contributed by atoms with Crippen LogP contribution in [-0.4, -0.2) is 6.54 Å². The van der Waals surface area contributed by atoms with Gasteiger partial charge >= 0.3 is 0 Å². The predicted molar refractivity (Wildman–Crippen MR) is 101 cm³/mol. The van der Waals surface area contributed by atoms with Crippen molar-refractivity contribution in [3.8, 4) is 0 Å². The summed E-state index contributed by atoms with van der Waals surface area (Å²) in [6.45, 7) is 3.10. The Morgan fingerprint density at radius 2 is 1.65 bits per heavy atom. The third-order valence-electron chi connectivity index (χ3n) is 3.09. The summed E-state index contributed by atoms with van der Waals surface area (Å²) in [6.07, 6.45) is 0.994. The molecule has 20 heavy (non-hydrogen) atoms. The maximum Gasteiger partial charge on any atom is 0.0361 e. The minimum atomic E-state index is 0.328. The molecule has 0 saturated heterocycles. The van der Waals surface area contributed by atoms with Crippen LogP contribution in [0.3, 0.4) is 0 Å². The zero-order chi connectivity index (χ0) is 14.5. The van der Waals surface area contributed by atoms with Crippen molar-refractivity contribution in [1.82, 2.24) is 5.32 Å². The number of rotatable bonds is 5. The molecule has 0 radical (unpaired) electrons. The van der Waals surface area contributed by atoms with Crippen LogP contribution in [0, 0.1) is 3.57 Å². The Hall–Kier alpha value is 0.0900. The summed E-state index contributed by atoms with van der Waals surface area (Å²) in [6, 6.07) is 15.5. The number of likely N-dealkylation sites (N-methyl/N-ethyl adjacent to an activating group) is 1. The summed E-state index contributed by atoms with van der Waals surface area (Å²) in [5.74, 6) is 0. The van der Waals surface area contributed by atoms with Crippen LogP contribution in [0.2, 0.25) is 0 Å². The van der Waals surface area contributed by atoms with Gasteiger partial charge in [-0.1, -0.05) is 50.9 Å². The zero-order valence-corrected chi connectivity index (χ0v) is 16.5. The van der Waals surface area contributed by atoms with Crippen molar-refractivity contribution in [1.29, 1.82) is 0 Å². The first kappa shape index (κ1) is 16.5. The monoisotopic (exact) mass is 507 g/mol. The van der Waals surface area contributed by atoms with Crippen molar-refractivity contribution in [2.45, 2.75) is 19.4 Å². The van der Waals surface area contributed by atoms with Gasteiger partial charge in [-0.3, -0.25) is 0 Å². The molecule has 0 aliphatic heterocycles. The van der Waals surface area contributed by atoms with Crippen LogP contribution in [0.15, 0.2) is 51.4 Å². The molecule has 2 aromatic rings. The SMILES string of the molecule is CCNC(Cc1ccc(I)cc1)c1cc(Br)cc(Br)c1. The van der Waals surface area contributed by atoms with Crippen LogP contribution in [0.1, 0.15) is 24.1 Å². The van der Waals surface area contributed by atoms with Crippen molar-refractivity contribution in [3.63, 3.8) is 0 Å². The van der Waals surface area contributed by atoms with E-state index in [1.807, 2.05) is 0 Å². The predicted octanol–water partition coefficient (Wildman–Crippen LogP) is 5.71.